The third kappa shape index (κ3) is 8.93. The highest BCUT2D eigenvalue weighted by Crippen LogP contribution is 2.28. The maximum atomic E-state index is 15.2. The third-order valence-corrected chi connectivity index (χ3v) is 9.03. The summed E-state index contributed by atoms with van der Waals surface area (Å²) < 4.78 is 44.1. The number of carbonyl (C=O) groups is 2. The van der Waals surface area contributed by atoms with E-state index >= 15 is 4.39 Å². The lowest BCUT2D eigenvalue weighted by atomic mass is 10.0. The summed E-state index contributed by atoms with van der Waals surface area (Å²) in [4.78, 5) is 29.6. The number of nitrogens with one attached hydrogen (secondary N) is 1. The maximum absolute atomic E-state index is 15.2. The van der Waals surface area contributed by atoms with Crippen molar-refractivity contribution >= 4 is 39.1 Å². The number of halogens is 2. The van der Waals surface area contributed by atoms with Crippen LogP contribution in [0.1, 0.15) is 37.5 Å². The number of carbonyl (C=O) groups excluding carboxylic acids is 2. The number of para-hydroxylation sites is 1. The molecule has 45 heavy (non-hydrogen) atoms. The minimum atomic E-state index is -4.41. The van der Waals surface area contributed by atoms with Gasteiger partial charge in [0.15, 0.2) is 0 Å². The van der Waals surface area contributed by atoms with Crippen molar-refractivity contribution in [3.63, 3.8) is 0 Å². The topological polar surface area (TPSA) is 86.8 Å². The first kappa shape index (κ1) is 33.7. The van der Waals surface area contributed by atoms with Crippen molar-refractivity contribution < 1.29 is 22.4 Å². The largest absolute Gasteiger partial charge is 0.350 e. The summed E-state index contributed by atoms with van der Waals surface area (Å²) in [5, 5.41) is 3.42. The maximum Gasteiger partial charge on any atom is 0.264 e. The van der Waals surface area contributed by atoms with Gasteiger partial charge in [0.05, 0.1) is 10.6 Å². The molecule has 0 heterocycles. The molecule has 0 aliphatic rings. The third-order valence-electron chi connectivity index (χ3n) is 7.02. The van der Waals surface area contributed by atoms with Crippen LogP contribution in [0.15, 0.2) is 108 Å². The molecule has 4 rings (SSSR count). The van der Waals surface area contributed by atoms with Gasteiger partial charge in [0, 0.05) is 23.5 Å². The number of amides is 2. The first-order valence-electron chi connectivity index (χ1n) is 14.5. The van der Waals surface area contributed by atoms with Crippen LogP contribution in [0.4, 0.5) is 10.1 Å². The summed E-state index contributed by atoms with van der Waals surface area (Å²) in [6.45, 7) is 6.51. The summed E-state index contributed by atoms with van der Waals surface area (Å²) in [5.74, 6) is -1.92. The van der Waals surface area contributed by atoms with E-state index in [9.17, 15) is 18.0 Å². The molecule has 0 aliphatic carbocycles. The van der Waals surface area contributed by atoms with Crippen LogP contribution in [0.3, 0.4) is 0 Å². The number of nitrogens with zero attached hydrogens (tertiary/aromatic N) is 2. The molecule has 0 aliphatic heterocycles. The van der Waals surface area contributed by atoms with Gasteiger partial charge < -0.3 is 10.2 Å². The van der Waals surface area contributed by atoms with E-state index < -0.39 is 45.8 Å². The fourth-order valence-corrected chi connectivity index (χ4v) is 6.48. The summed E-state index contributed by atoms with van der Waals surface area (Å²) in [6.07, 6.45) is 0.152. The van der Waals surface area contributed by atoms with Crippen molar-refractivity contribution in [1.29, 1.82) is 0 Å². The molecule has 0 fully saturated rings. The molecule has 2 amide bonds. The van der Waals surface area contributed by atoms with Crippen molar-refractivity contribution in [3.05, 3.63) is 131 Å². The lowest BCUT2D eigenvalue weighted by molar-refractivity contribution is -0.140. The molecule has 7 nitrogen and oxygen atoms in total. The van der Waals surface area contributed by atoms with E-state index in [2.05, 4.69) is 5.32 Å². The van der Waals surface area contributed by atoms with Crippen molar-refractivity contribution in [2.24, 2.45) is 0 Å². The number of sulfonamides is 1. The molecular formula is C35H37ClFN3O4S. The highest BCUT2D eigenvalue weighted by Gasteiger charge is 2.36. The van der Waals surface area contributed by atoms with Crippen LogP contribution in [0.25, 0.3) is 0 Å². The molecule has 0 saturated heterocycles. The molecule has 236 valence electrons. The highest BCUT2D eigenvalue weighted by atomic mass is 35.5. The van der Waals surface area contributed by atoms with E-state index in [0.717, 1.165) is 21.5 Å². The molecule has 0 radical (unpaired) electrons. The van der Waals surface area contributed by atoms with Crippen LogP contribution in [-0.2, 0) is 32.6 Å². The Hall–Kier alpha value is -4.21. The van der Waals surface area contributed by atoms with Crippen LogP contribution in [0.2, 0.25) is 5.02 Å². The Kier molecular flexibility index (Phi) is 10.7. The monoisotopic (exact) mass is 649 g/mol. The fraction of sp³-hybridized carbons (Fsp3) is 0.257. The van der Waals surface area contributed by atoms with Gasteiger partial charge in [-0.05, 0) is 75.2 Å². The Bertz CT molecular complexity index is 1740. The molecule has 0 unspecified atom stereocenters. The average Bonchev–Trinajstić information content (AvgIpc) is 2.98. The van der Waals surface area contributed by atoms with E-state index in [1.807, 2.05) is 58.0 Å². The normalized spacial score (nSPS) is 12.3. The summed E-state index contributed by atoms with van der Waals surface area (Å²) in [6, 6.07) is 26.6. The second kappa shape index (κ2) is 14.3. The van der Waals surface area contributed by atoms with E-state index in [0.29, 0.717) is 10.6 Å². The smallest absolute Gasteiger partial charge is 0.264 e. The second-order valence-corrected chi connectivity index (χ2v) is 14.2. The number of benzene rings is 4. The molecule has 0 bridgehead atoms. The zero-order valence-electron chi connectivity index (χ0n) is 25.7. The molecular weight excluding hydrogens is 613 g/mol. The summed E-state index contributed by atoms with van der Waals surface area (Å²) >= 11 is 6.28. The van der Waals surface area contributed by atoms with Crippen LogP contribution in [0, 0.1) is 12.7 Å². The molecule has 0 spiro atoms. The van der Waals surface area contributed by atoms with Gasteiger partial charge in [0.2, 0.25) is 11.8 Å². The summed E-state index contributed by atoms with van der Waals surface area (Å²) in [7, 11) is -4.41. The minimum Gasteiger partial charge on any atom is -0.350 e. The van der Waals surface area contributed by atoms with Crippen LogP contribution in [-0.4, -0.2) is 43.3 Å². The Morgan fingerprint density at radius 2 is 1.49 bits per heavy atom. The number of hydrogen-bond donors (Lipinski definition) is 1. The first-order valence-corrected chi connectivity index (χ1v) is 16.3. The number of anilines is 1. The van der Waals surface area contributed by atoms with Gasteiger partial charge in [-0.15, -0.1) is 0 Å². The molecule has 10 heteroatoms. The van der Waals surface area contributed by atoms with Crippen molar-refractivity contribution in [2.45, 2.75) is 57.1 Å². The quantitative estimate of drug-likeness (QED) is 0.200. The lowest BCUT2D eigenvalue weighted by Crippen LogP contribution is -2.56. The Labute approximate surface area is 269 Å². The molecule has 4 aromatic carbocycles. The van der Waals surface area contributed by atoms with E-state index in [1.165, 1.54) is 35.2 Å². The first-order chi connectivity index (χ1) is 21.2. The molecule has 1 atom stereocenters. The zero-order chi connectivity index (χ0) is 32.8. The predicted octanol–water partition coefficient (Wildman–Crippen LogP) is 6.54. The minimum absolute atomic E-state index is 0.0514. The van der Waals surface area contributed by atoms with Crippen LogP contribution < -0.4 is 9.62 Å². The Balaban J connectivity index is 1.83. The van der Waals surface area contributed by atoms with Crippen LogP contribution >= 0.6 is 11.6 Å². The highest BCUT2D eigenvalue weighted by molar-refractivity contribution is 7.92. The SMILES string of the molecule is Cc1ccc(S(=O)(=O)N(CC(=O)N(Cc2cccc(Cl)c2)[C@@H](Cc2ccccc2)C(=O)NC(C)(C)C)c2ccccc2F)cc1. The fourth-order valence-electron chi connectivity index (χ4n) is 4.84. The van der Waals surface area contributed by atoms with Gasteiger partial charge in [-0.3, -0.25) is 13.9 Å². The van der Waals surface area contributed by atoms with Gasteiger partial charge in [0.25, 0.3) is 10.0 Å². The van der Waals surface area contributed by atoms with E-state index in [4.69, 9.17) is 11.6 Å². The average molecular weight is 650 g/mol. The van der Waals surface area contributed by atoms with E-state index in [1.54, 1.807) is 36.4 Å². The van der Waals surface area contributed by atoms with E-state index in [-0.39, 0.29) is 23.5 Å². The van der Waals surface area contributed by atoms with Crippen molar-refractivity contribution in [2.75, 3.05) is 10.8 Å². The predicted molar refractivity (Wildman–Crippen MR) is 176 cm³/mol. The Morgan fingerprint density at radius 1 is 0.867 bits per heavy atom. The molecule has 4 aromatic rings. The second-order valence-electron chi connectivity index (χ2n) is 11.9. The zero-order valence-corrected chi connectivity index (χ0v) is 27.3. The standard InChI is InChI=1S/C35H37ClFN3O4S/c1-25-17-19-29(20-18-25)45(43,44)40(31-16-9-8-15-30(31)37)24-33(41)39(23-27-13-10-14-28(36)21-27)32(34(42)38-35(2,3)4)22-26-11-6-5-7-12-26/h5-21,32H,22-24H2,1-4H3,(H,38,42)/t32-/m0/s1. The molecule has 1 N–H and O–H groups in total. The Morgan fingerprint density at radius 3 is 2.11 bits per heavy atom. The lowest BCUT2D eigenvalue weighted by Gasteiger charge is -2.35. The number of rotatable bonds is 11. The van der Waals surface area contributed by atoms with Crippen molar-refractivity contribution in [1.82, 2.24) is 10.2 Å². The van der Waals surface area contributed by atoms with Gasteiger partial charge >= 0.3 is 0 Å². The molecule has 0 aromatic heterocycles. The van der Waals surface area contributed by atoms with Gasteiger partial charge in [-0.1, -0.05) is 83.9 Å². The number of hydrogen-bond acceptors (Lipinski definition) is 4. The van der Waals surface area contributed by atoms with Crippen LogP contribution in [0.5, 0.6) is 0 Å². The summed E-state index contributed by atoms with van der Waals surface area (Å²) in [5.41, 5.74) is 1.37. The van der Waals surface area contributed by atoms with Gasteiger partial charge in [-0.2, -0.15) is 0 Å². The number of aryl methyl sites for hydroxylation is 1. The van der Waals surface area contributed by atoms with Gasteiger partial charge in [-0.25, -0.2) is 12.8 Å². The molecule has 0 saturated carbocycles. The van der Waals surface area contributed by atoms with Crippen molar-refractivity contribution in [3.8, 4) is 0 Å². The van der Waals surface area contributed by atoms with Gasteiger partial charge in [0.1, 0.15) is 18.4 Å².